The number of fused-ring (bicyclic) bond motifs is 12. The molecular formula is C118H82N2. The van der Waals surface area contributed by atoms with Crippen LogP contribution in [-0.4, -0.2) is 0 Å². The standard InChI is InChI=1S/C62H43N.C56H39N/c1-2-8-42(9-3-1)45-26-32-56(33-27-45)63(57-34-28-46(29-35-57)43-14-18-48(19-15-43)50-22-24-54-38-52-10-4-6-12-59(52)61(54)40-50)58-36-30-47(31-37-58)44-16-20-49(21-17-44)51-23-25-55-39-53-11-5-7-13-60(53)62(55)41-51;1-2-10-38(11-3-1)39-20-22-40(23-21-39)41-24-30-46(31-25-41)57(47-32-26-42(27-33-47)49-16-8-18-53-51-14-6-4-12-44(51)36-55(49)53)48-34-28-43(29-35-48)50-17-9-19-54-52-15-7-5-13-45(52)37-56(50)54/h1-37,40-41H,38-39H2;1-35H,36-37H2. The third kappa shape index (κ3) is 13.5. The molecule has 564 valence electrons. The summed E-state index contributed by atoms with van der Waals surface area (Å²) in [6.45, 7) is 0. The van der Waals surface area contributed by atoms with Crippen molar-refractivity contribution in [2.24, 2.45) is 0 Å². The van der Waals surface area contributed by atoms with Crippen molar-refractivity contribution in [3.8, 4) is 145 Å². The quantitative estimate of drug-likeness (QED) is 0.101. The van der Waals surface area contributed by atoms with Gasteiger partial charge in [0.1, 0.15) is 0 Å². The van der Waals surface area contributed by atoms with Crippen LogP contribution in [0.25, 0.3) is 145 Å². The van der Waals surface area contributed by atoms with Crippen molar-refractivity contribution in [3.63, 3.8) is 0 Å². The molecule has 0 heterocycles. The van der Waals surface area contributed by atoms with Gasteiger partial charge in [-0.15, -0.1) is 0 Å². The van der Waals surface area contributed by atoms with E-state index in [0.29, 0.717) is 0 Å². The summed E-state index contributed by atoms with van der Waals surface area (Å²) in [7, 11) is 0. The molecule has 0 amide bonds. The van der Waals surface area contributed by atoms with E-state index in [9.17, 15) is 0 Å². The number of anilines is 6. The fraction of sp³-hybridized carbons (Fsp3) is 0.0339. The fourth-order valence-electron chi connectivity index (χ4n) is 19.0. The van der Waals surface area contributed by atoms with Crippen LogP contribution in [0.15, 0.2) is 449 Å². The van der Waals surface area contributed by atoms with Crippen molar-refractivity contribution in [2.75, 3.05) is 9.80 Å². The number of hydrogen-bond donors (Lipinski definition) is 0. The third-order valence-corrected chi connectivity index (χ3v) is 25.2. The van der Waals surface area contributed by atoms with Gasteiger partial charge in [-0.1, -0.05) is 364 Å². The minimum Gasteiger partial charge on any atom is -0.311 e. The monoisotopic (exact) mass is 1530 g/mol. The lowest BCUT2D eigenvalue weighted by atomic mass is 9.95. The zero-order chi connectivity index (χ0) is 79.4. The maximum Gasteiger partial charge on any atom is 0.0462 e. The Labute approximate surface area is 702 Å². The molecule has 0 aromatic heterocycles. The highest BCUT2D eigenvalue weighted by Gasteiger charge is 2.26. The van der Waals surface area contributed by atoms with E-state index in [0.717, 1.165) is 59.8 Å². The van der Waals surface area contributed by atoms with E-state index in [2.05, 4.69) is 459 Å². The molecule has 0 atom stereocenters. The van der Waals surface area contributed by atoms with E-state index in [1.165, 1.54) is 189 Å². The molecule has 0 bridgehead atoms. The molecule has 19 aromatic carbocycles. The van der Waals surface area contributed by atoms with Crippen molar-refractivity contribution in [2.45, 2.75) is 25.7 Å². The summed E-state index contributed by atoms with van der Waals surface area (Å²) in [5, 5.41) is 0. The van der Waals surface area contributed by atoms with Crippen LogP contribution in [0.3, 0.4) is 0 Å². The Bertz CT molecular complexity index is 6700. The predicted octanol–water partition coefficient (Wildman–Crippen LogP) is 31.6. The first-order valence-electron chi connectivity index (χ1n) is 41.9. The number of rotatable bonds is 15. The normalized spacial score (nSPS) is 12.0. The fourth-order valence-corrected chi connectivity index (χ4v) is 19.0. The van der Waals surface area contributed by atoms with Crippen molar-refractivity contribution in [1.82, 2.24) is 0 Å². The number of benzene rings is 19. The highest BCUT2D eigenvalue weighted by molar-refractivity contribution is 5.91. The highest BCUT2D eigenvalue weighted by Crippen LogP contribution is 2.48. The summed E-state index contributed by atoms with van der Waals surface area (Å²) in [6, 6.07) is 165. The molecule has 4 aliphatic rings. The van der Waals surface area contributed by atoms with Gasteiger partial charge in [0.15, 0.2) is 0 Å². The van der Waals surface area contributed by atoms with Crippen LogP contribution in [0.1, 0.15) is 44.5 Å². The van der Waals surface area contributed by atoms with Crippen molar-refractivity contribution < 1.29 is 0 Å². The van der Waals surface area contributed by atoms with Gasteiger partial charge in [-0.2, -0.15) is 0 Å². The van der Waals surface area contributed by atoms with Crippen LogP contribution in [0.4, 0.5) is 34.1 Å². The highest BCUT2D eigenvalue weighted by atomic mass is 15.1. The second-order valence-electron chi connectivity index (χ2n) is 32.2. The number of hydrogen-bond acceptors (Lipinski definition) is 2. The summed E-state index contributed by atoms with van der Waals surface area (Å²) >= 11 is 0. The van der Waals surface area contributed by atoms with Gasteiger partial charge in [-0.05, 0) is 300 Å². The Kier molecular flexibility index (Phi) is 18.3. The molecule has 0 unspecified atom stereocenters. The summed E-state index contributed by atoms with van der Waals surface area (Å²) in [4.78, 5) is 4.74. The second kappa shape index (κ2) is 30.8. The molecule has 0 N–H and O–H groups in total. The predicted molar refractivity (Wildman–Crippen MR) is 504 cm³/mol. The molecule has 23 rings (SSSR count). The van der Waals surface area contributed by atoms with Gasteiger partial charge in [0.05, 0.1) is 0 Å². The van der Waals surface area contributed by atoms with Gasteiger partial charge in [-0.25, -0.2) is 0 Å². The SMILES string of the molecule is c1ccc(-c2ccc(-c3ccc(N(c4ccc(-c5cccc6c5Cc5ccccc5-6)cc4)c4ccc(-c5cccc6c5Cc5ccccc5-6)cc4)cc3)cc2)cc1.c1ccc(-c2ccc(N(c3ccc(-c4ccc(-c5ccc6c(c5)-c5ccccc5C6)cc4)cc3)c3ccc(-c4ccc(-c5ccc6c(c5)-c5ccccc5C6)cc4)cc3)cc2)cc1. The molecule has 2 heteroatoms. The first kappa shape index (κ1) is 71.3. The van der Waals surface area contributed by atoms with E-state index < -0.39 is 0 Å². The first-order chi connectivity index (χ1) is 59.4. The Hall–Kier alpha value is -15.2. The lowest BCUT2D eigenvalue weighted by Crippen LogP contribution is -2.09. The lowest BCUT2D eigenvalue weighted by Gasteiger charge is -2.26. The Morgan fingerprint density at radius 2 is 0.308 bits per heavy atom. The van der Waals surface area contributed by atoms with Crippen LogP contribution in [0.5, 0.6) is 0 Å². The summed E-state index contributed by atoms with van der Waals surface area (Å²) in [6.07, 6.45) is 3.98. The Morgan fingerprint density at radius 1 is 0.117 bits per heavy atom. The van der Waals surface area contributed by atoms with E-state index in [1.54, 1.807) is 0 Å². The summed E-state index contributed by atoms with van der Waals surface area (Å²) < 4.78 is 0. The maximum absolute atomic E-state index is 2.38. The average Bonchev–Trinajstić information content (AvgIpc) is 1.63. The molecule has 0 saturated carbocycles. The Morgan fingerprint density at radius 3 is 0.600 bits per heavy atom. The van der Waals surface area contributed by atoms with E-state index in [4.69, 9.17) is 0 Å². The Balaban J connectivity index is 0.000000145. The topological polar surface area (TPSA) is 6.48 Å². The van der Waals surface area contributed by atoms with Crippen LogP contribution < -0.4 is 9.80 Å². The molecule has 2 nitrogen and oxygen atoms in total. The van der Waals surface area contributed by atoms with E-state index in [-0.39, 0.29) is 0 Å². The van der Waals surface area contributed by atoms with E-state index >= 15 is 0 Å². The van der Waals surface area contributed by atoms with Gasteiger partial charge in [-0.3, -0.25) is 0 Å². The summed E-state index contributed by atoms with van der Waals surface area (Å²) in [5.41, 5.74) is 51.1. The average molecular weight is 1530 g/mol. The minimum absolute atomic E-state index is 0.972. The van der Waals surface area contributed by atoms with Gasteiger partial charge < -0.3 is 9.80 Å². The molecule has 0 saturated heterocycles. The molecular weight excluding hydrogens is 1450 g/mol. The molecule has 0 aliphatic heterocycles. The minimum atomic E-state index is 0.972. The molecule has 0 radical (unpaired) electrons. The van der Waals surface area contributed by atoms with Crippen molar-refractivity contribution >= 4 is 34.1 Å². The largest absolute Gasteiger partial charge is 0.311 e. The lowest BCUT2D eigenvalue weighted by molar-refractivity contribution is 1.26. The molecule has 4 aliphatic carbocycles. The summed E-state index contributed by atoms with van der Waals surface area (Å²) in [5.74, 6) is 0. The molecule has 0 fully saturated rings. The smallest absolute Gasteiger partial charge is 0.0462 e. The number of nitrogens with zero attached hydrogens (tertiary/aromatic N) is 2. The molecule has 0 spiro atoms. The molecule has 19 aromatic rings. The van der Waals surface area contributed by atoms with Gasteiger partial charge in [0.25, 0.3) is 0 Å². The second-order valence-corrected chi connectivity index (χ2v) is 32.2. The van der Waals surface area contributed by atoms with Crippen molar-refractivity contribution in [3.05, 3.63) is 493 Å². The zero-order valence-electron chi connectivity index (χ0n) is 66.4. The van der Waals surface area contributed by atoms with Crippen LogP contribution in [0.2, 0.25) is 0 Å². The zero-order valence-corrected chi connectivity index (χ0v) is 66.4. The van der Waals surface area contributed by atoms with Crippen LogP contribution in [-0.2, 0) is 25.7 Å². The molecule has 120 heavy (non-hydrogen) atoms. The third-order valence-electron chi connectivity index (χ3n) is 25.2. The first-order valence-corrected chi connectivity index (χ1v) is 41.9. The van der Waals surface area contributed by atoms with E-state index in [1.807, 2.05) is 0 Å². The van der Waals surface area contributed by atoms with Gasteiger partial charge in [0, 0.05) is 34.1 Å². The van der Waals surface area contributed by atoms with Gasteiger partial charge in [0.2, 0.25) is 0 Å². The van der Waals surface area contributed by atoms with Crippen LogP contribution >= 0.6 is 0 Å². The van der Waals surface area contributed by atoms with Gasteiger partial charge >= 0.3 is 0 Å². The van der Waals surface area contributed by atoms with Crippen LogP contribution in [0, 0.1) is 0 Å². The maximum atomic E-state index is 2.38. The van der Waals surface area contributed by atoms with Crippen molar-refractivity contribution in [1.29, 1.82) is 0 Å².